The van der Waals surface area contributed by atoms with Crippen LogP contribution in [-0.2, 0) is 6.54 Å². The number of nitrogens with zero attached hydrogens (tertiary/aromatic N) is 2. The van der Waals surface area contributed by atoms with Crippen molar-refractivity contribution in [1.82, 2.24) is 9.80 Å². The molecule has 0 spiro atoms. The molecular formula is C20H25BrN2. The molecule has 0 aliphatic carbocycles. The number of hydrogen-bond donors (Lipinski definition) is 0. The van der Waals surface area contributed by atoms with Crippen molar-refractivity contribution in [2.45, 2.75) is 25.3 Å². The van der Waals surface area contributed by atoms with Crippen LogP contribution in [0.3, 0.4) is 0 Å². The number of hydrogen-bond acceptors (Lipinski definition) is 2. The molecule has 3 rings (SSSR count). The first-order chi connectivity index (χ1) is 11.1. The van der Waals surface area contributed by atoms with Crippen LogP contribution in [0.1, 0.15) is 27.2 Å². The number of alkyl halides is 1. The predicted molar refractivity (Wildman–Crippen MR) is 101 cm³/mol. The summed E-state index contributed by atoms with van der Waals surface area (Å²) in [5.41, 5.74) is 5.41. The zero-order valence-electron chi connectivity index (χ0n) is 14.0. The first kappa shape index (κ1) is 16.7. The molecule has 0 bridgehead atoms. The van der Waals surface area contributed by atoms with Gasteiger partial charge in [0.15, 0.2) is 0 Å². The van der Waals surface area contributed by atoms with E-state index in [2.05, 4.69) is 88.1 Å². The lowest BCUT2D eigenvalue weighted by molar-refractivity contribution is 0.121. The number of benzene rings is 2. The van der Waals surface area contributed by atoms with Crippen LogP contribution in [0.4, 0.5) is 0 Å². The number of aryl methyl sites for hydroxylation is 2. The minimum atomic E-state index is 0.324. The maximum absolute atomic E-state index is 3.87. The molecule has 1 fully saturated rings. The minimum Gasteiger partial charge on any atom is -0.297 e. The fraction of sp³-hybridized carbons (Fsp3) is 0.400. The van der Waals surface area contributed by atoms with Gasteiger partial charge in [0.25, 0.3) is 0 Å². The Labute approximate surface area is 148 Å². The predicted octanol–water partition coefficient (Wildman–Crippen LogP) is 4.51. The molecule has 1 unspecified atom stereocenters. The Hall–Kier alpha value is -1.16. The van der Waals surface area contributed by atoms with E-state index >= 15 is 0 Å². The first-order valence-electron chi connectivity index (χ1n) is 8.34. The lowest BCUT2D eigenvalue weighted by atomic mass is 10.1. The van der Waals surface area contributed by atoms with Crippen molar-refractivity contribution in [2.75, 3.05) is 26.2 Å². The van der Waals surface area contributed by atoms with E-state index in [-0.39, 0.29) is 0 Å². The molecule has 2 aromatic rings. The Morgan fingerprint density at radius 2 is 1.35 bits per heavy atom. The molecule has 1 saturated heterocycles. The highest BCUT2D eigenvalue weighted by molar-refractivity contribution is 9.09. The molecule has 1 aliphatic rings. The standard InChI is InChI=1S/C20H25BrN2/c1-16-3-7-18(8-4-16)15-22-11-13-23(14-12-22)20(21)19-9-5-17(2)6-10-19/h3-10,20H,11-15H2,1-2H3. The topological polar surface area (TPSA) is 6.48 Å². The van der Waals surface area contributed by atoms with Gasteiger partial charge in [0.1, 0.15) is 0 Å². The van der Waals surface area contributed by atoms with E-state index in [1.54, 1.807) is 0 Å². The molecule has 1 heterocycles. The van der Waals surface area contributed by atoms with E-state index in [1.807, 2.05) is 0 Å². The second-order valence-corrected chi connectivity index (χ2v) is 7.41. The van der Waals surface area contributed by atoms with Gasteiger partial charge in [-0.3, -0.25) is 9.80 Å². The van der Waals surface area contributed by atoms with Gasteiger partial charge in [-0.25, -0.2) is 0 Å². The van der Waals surface area contributed by atoms with Crippen molar-refractivity contribution in [3.63, 3.8) is 0 Å². The van der Waals surface area contributed by atoms with E-state index in [0.29, 0.717) is 4.95 Å². The van der Waals surface area contributed by atoms with E-state index in [9.17, 15) is 0 Å². The third-order valence-electron chi connectivity index (χ3n) is 4.61. The lowest BCUT2D eigenvalue weighted by Gasteiger charge is -2.37. The van der Waals surface area contributed by atoms with Gasteiger partial charge in [0.2, 0.25) is 0 Å². The highest BCUT2D eigenvalue weighted by Crippen LogP contribution is 2.28. The smallest absolute Gasteiger partial charge is 0.0912 e. The van der Waals surface area contributed by atoms with Gasteiger partial charge in [0, 0.05) is 32.7 Å². The fourth-order valence-corrected chi connectivity index (χ4v) is 3.75. The van der Waals surface area contributed by atoms with E-state index in [4.69, 9.17) is 0 Å². The monoisotopic (exact) mass is 372 g/mol. The first-order valence-corrected chi connectivity index (χ1v) is 9.26. The summed E-state index contributed by atoms with van der Waals surface area (Å²) in [6, 6.07) is 17.8. The van der Waals surface area contributed by atoms with Crippen LogP contribution in [0.25, 0.3) is 0 Å². The molecule has 0 N–H and O–H groups in total. The number of piperazine rings is 1. The van der Waals surface area contributed by atoms with Crippen LogP contribution in [-0.4, -0.2) is 36.0 Å². The van der Waals surface area contributed by atoms with Crippen LogP contribution in [0, 0.1) is 13.8 Å². The van der Waals surface area contributed by atoms with Gasteiger partial charge in [0.05, 0.1) is 4.95 Å². The van der Waals surface area contributed by atoms with Crippen molar-refractivity contribution < 1.29 is 0 Å². The fourth-order valence-electron chi connectivity index (χ4n) is 3.04. The van der Waals surface area contributed by atoms with E-state index in [1.165, 1.54) is 22.3 Å². The van der Waals surface area contributed by atoms with Gasteiger partial charge in [-0.15, -0.1) is 0 Å². The summed E-state index contributed by atoms with van der Waals surface area (Å²) in [5.74, 6) is 0. The van der Waals surface area contributed by atoms with Crippen molar-refractivity contribution in [3.05, 3.63) is 70.8 Å². The molecule has 0 radical (unpaired) electrons. The molecule has 2 nitrogen and oxygen atoms in total. The second-order valence-electron chi connectivity index (χ2n) is 6.54. The SMILES string of the molecule is Cc1ccc(CN2CCN(C(Br)c3ccc(C)cc3)CC2)cc1. The second kappa shape index (κ2) is 7.61. The van der Waals surface area contributed by atoms with Crippen molar-refractivity contribution in [3.8, 4) is 0 Å². The average Bonchev–Trinajstić information content (AvgIpc) is 2.58. The molecule has 0 amide bonds. The molecule has 2 aromatic carbocycles. The van der Waals surface area contributed by atoms with Gasteiger partial charge in [-0.2, -0.15) is 0 Å². The summed E-state index contributed by atoms with van der Waals surface area (Å²) in [6.45, 7) is 9.81. The maximum Gasteiger partial charge on any atom is 0.0912 e. The van der Waals surface area contributed by atoms with E-state index < -0.39 is 0 Å². The summed E-state index contributed by atoms with van der Waals surface area (Å²) >= 11 is 3.87. The van der Waals surface area contributed by atoms with Gasteiger partial charge >= 0.3 is 0 Å². The van der Waals surface area contributed by atoms with Crippen molar-refractivity contribution in [1.29, 1.82) is 0 Å². The Morgan fingerprint density at radius 1 is 0.826 bits per heavy atom. The Morgan fingerprint density at radius 3 is 1.91 bits per heavy atom. The van der Waals surface area contributed by atoms with Crippen LogP contribution < -0.4 is 0 Å². The van der Waals surface area contributed by atoms with Crippen LogP contribution in [0.15, 0.2) is 48.5 Å². The molecule has 23 heavy (non-hydrogen) atoms. The molecule has 0 aromatic heterocycles. The molecule has 122 valence electrons. The molecule has 1 atom stereocenters. The summed E-state index contributed by atoms with van der Waals surface area (Å²) in [5, 5.41) is 0. The van der Waals surface area contributed by atoms with Crippen molar-refractivity contribution in [2.24, 2.45) is 0 Å². The van der Waals surface area contributed by atoms with Gasteiger partial charge in [-0.05, 0) is 25.0 Å². The zero-order chi connectivity index (χ0) is 16.2. The van der Waals surface area contributed by atoms with E-state index in [0.717, 1.165) is 32.7 Å². The third kappa shape index (κ3) is 4.43. The Balaban J connectivity index is 1.53. The van der Waals surface area contributed by atoms with Crippen molar-refractivity contribution >= 4 is 15.9 Å². The minimum absolute atomic E-state index is 0.324. The highest BCUT2D eigenvalue weighted by Gasteiger charge is 2.23. The van der Waals surface area contributed by atoms with Crippen LogP contribution in [0.5, 0.6) is 0 Å². The van der Waals surface area contributed by atoms with Crippen LogP contribution in [0.2, 0.25) is 0 Å². The maximum atomic E-state index is 3.87. The third-order valence-corrected chi connectivity index (χ3v) is 5.71. The zero-order valence-corrected chi connectivity index (χ0v) is 15.6. The Bertz CT molecular complexity index is 613. The molecular weight excluding hydrogens is 348 g/mol. The summed E-state index contributed by atoms with van der Waals surface area (Å²) in [7, 11) is 0. The molecule has 0 saturated carbocycles. The summed E-state index contributed by atoms with van der Waals surface area (Å²) < 4.78 is 0. The normalized spacial score (nSPS) is 18.0. The number of halogens is 1. The van der Waals surface area contributed by atoms with Gasteiger partial charge in [-0.1, -0.05) is 75.6 Å². The summed E-state index contributed by atoms with van der Waals surface area (Å²) in [4.78, 5) is 5.40. The molecule has 3 heteroatoms. The highest BCUT2D eigenvalue weighted by atomic mass is 79.9. The largest absolute Gasteiger partial charge is 0.297 e. The van der Waals surface area contributed by atoms with Crippen LogP contribution >= 0.6 is 15.9 Å². The summed E-state index contributed by atoms with van der Waals surface area (Å²) in [6.07, 6.45) is 0. The quantitative estimate of drug-likeness (QED) is 0.575. The average molecular weight is 373 g/mol. The Kier molecular flexibility index (Phi) is 5.52. The lowest BCUT2D eigenvalue weighted by Crippen LogP contribution is -2.46. The van der Waals surface area contributed by atoms with Gasteiger partial charge < -0.3 is 0 Å². The number of rotatable bonds is 4. The molecule has 1 aliphatic heterocycles.